The number of anilines is 3. The molecule has 0 aliphatic carbocycles. The van der Waals surface area contributed by atoms with Crippen LogP contribution >= 0.6 is 0 Å². The molecule has 1 aliphatic rings. The Labute approximate surface area is 198 Å². The van der Waals surface area contributed by atoms with Crippen LogP contribution in [0.3, 0.4) is 0 Å². The molecule has 5 heterocycles. The predicted octanol–water partition coefficient (Wildman–Crippen LogP) is 4.28. The first kappa shape index (κ1) is 21.3. The van der Waals surface area contributed by atoms with Crippen LogP contribution < -0.4 is 10.2 Å². The number of nitrogens with zero attached hydrogens (tertiary/aromatic N) is 7. The van der Waals surface area contributed by atoms with Crippen molar-refractivity contribution in [3.05, 3.63) is 66.6 Å². The van der Waals surface area contributed by atoms with E-state index in [1.54, 1.807) is 24.5 Å². The molecule has 4 aromatic heterocycles. The van der Waals surface area contributed by atoms with Crippen LogP contribution in [0.2, 0.25) is 0 Å². The normalized spacial score (nSPS) is 14.2. The highest BCUT2D eigenvalue weighted by Crippen LogP contribution is 2.30. The minimum Gasteiger partial charge on any atom is -0.378 e. The van der Waals surface area contributed by atoms with Gasteiger partial charge in [0, 0.05) is 30.1 Å². The minimum atomic E-state index is -2.74. The molecule has 6 rings (SSSR count). The minimum absolute atomic E-state index is 0.0572. The molecule has 0 amide bonds. The Morgan fingerprint density at radius 2 is 1.69 bits per heavy atom. The van der Waals surface area contributed by atoms with E-state index in [0.29, 0.717) is 49.0 Å². The summed E-state index contributed by atoms with van der Waals surface area (Å²) >= 11 is 0. The van der Waals surface area contributed by atoms with Crippen molar-refractivity contribution in [2.24, 2.45) is 0 Å². The molecular weight excluding hydrogens is 454 g/mol. The van der Waals surface area contributed by atoms with Crippen molar-refractivity contribution in [2.45, 2.75) is 6.43 Å². The number of rotatable bonds is 5. The zero-order valence-electron chi connectivity index (χ0n) is 18.5. The SMILES string of the molecule is FC(F)c1cc2cccnc2n1-c1nc(Nc2cnc3ccccc3c2)nc(N2CCOCC2)n1. The molecule has 0 bridgehead atoms. The first-order chi connectivity index (χ1) is 17.2. The molecule has 0 radical (unpaired) electrons. The van der Waals surface area contributed by atoms with E-state index in [4.69, 9.17) is 4.74 Å². The van der Waals surface area contributed by atoms with Crippen LogP contribution in [0.4, 0.5) is 26.4 Å². The first-order valence-corrected chi connectivity index (χ1v) is 11.1. The Morgan fingerprint density at radius 3 is 2.54 bits per heavy atom. The van der Waals surface area contributed by atoms with Gasteiger partial charge in [-0.15, -0.1) is 0 Å². The highest BCUT2D eigenvalue weighted by atomic mass is 19.3. The van der Waals surface area contributed by atoms with Gasteiger partial charge in [0.15, 0.2) is 0 Å². The number of morpholine rings is 1. The summed E-state index contributed by atoms with van der Waals surface area (Å²) < 4.78 is 34.8. The van der Waals surface area contributed by atoms with Gasteiger partial charge in [0.2, 0.25) is 17.8 Å². The molecule has 0 atom stereocenters. The van der Waals surface area contributed by atoms with Crippen LogP contribution in [0.15, 0.2) is 60.9 Å². The summed E-state index contributed by atoms with van der Waals surface area (Å²) in [4.78, 5) is 24.4. The van der Waals surface area contributed by atoms with Crippen molar-refractivity contribution in [1.82, 2.24) is 29.5 Å². The lowest BCUT2D eigenvalue weighted by atomic mass is 10.2. The number of alkyl halides is 2. The summed E-state index contributed by atoms with van der Waals surface area (Å²) in [6.45, 7) is 2.20. The number of nitrogens with one attached hydrogen (secondary N) is 1. The smallest absolute Gasteiger partial charge is 0.278 e. The van der Waals surface area contributed by atoms with Gasteiger partial charge < -0.3 is 15.0 Å². The molecule has 1 N–H and O–H groups in total. The Bertz CT molecular complexity index is 1520. The summed E-state index contributed by atoms with van der Waals surface area (Å²) in [6.07, 6.45) is 0.490. The average Bonchev–Trinajstić information content (AvgIpc) is 3.29. The second-order valence-corrected chi connectivity index (χ2v) is 8.02. The number of hydrogen-bond acceptors (Lipinski definition) is 8. The van der Waals surface area contributed by atoms with E-state index in [0.717, 1.165) is 10.9 Å². The lowest BCUT2D eigenvalue weighted by Gasteiger charge is -2.27. The van der Waals surface area contributed by atoms with Crippen molar-refractivity contribution in [3.63, 3.8) is 0 Å². The molecule has 9 nitrogen and oxygen atoms in total. The molecule has 1 aliphatic heterocycles. The van der Waals surface area contributed by atoms with Gasteiger partial charge in [-0.1, -0.05) is 18.2 Å². The zero-order valence-corrected chi connectivity index (χ0v) is 18.5. The van der Waals surface area contributed by atoms with E-state index in [1.807, 2.05) is 35.2 Å². The third-order valence-electron chi connectivity index (χ3n) is 5.77. The molecule has 0 unspecified atom stereocenters. The van der Waals surface area contributed by atoms with E-state index in [2.05, 4.69) is 30.2 Å². The van der Waals surface area contributed by atoms with Crippen molar-refractivity contribution < 1.29 is 13.5 Å². The van der Waals surface area contributed by atoms with Gasteiger partial charge in [0.25, 0.3) is 6.43 Å². The fourth-order valence-electron chi connectivity index (χ4n) is 4.11. The lowest BCUT2D eigenvalue weighted by Crippen LogP contribution is -2.37. The summed E-state index contributed by atoms with van der Waals surface area (Å²) in [5.41, 5.74) is 1.63. The number of fused-ring (bicyclic) bond motifs is 2. The van der Waals surface area contributed by atoms with E-state index in [9.17, 15) is 8.78 Å². The van der Waals surface area contributed by atoms with Gasteiger partial charge >= 0.3 is 0 Å². The molecule has 0 saturated carbocycles. The van der Waals surface area contributed by atoms with Gasteiger partial charge in [0.05, 0.1) is 36.3 Å². The predicted molar refractivity (Wildman–Crippen MR) is 127 cm³/mol. The van der Waals surface area contributed by atoms with Crippen LogP contribution in [-0.4, -0.2) is 55.8 Å². The number of benzene rings is 1. The maximum absolute atomic E-state index is 14.0. The second-order valence-electron chi connectivity index (χ2n) is 8.02. The van der Waals surface area contributed by atoms with E-state index >= 15 is 0 Å². The Hall–Kier alpha value is -4.25. The number of aromatic nitrogens is 6. The van der Waals surface area contributed by atoms with Gasteiger partial charge in [-0.3, -0.25) is 9.55 Å². The van der Waals surface area contributed by atoms with E-state index < -0.39 is 6.43 Å². The topological polar surface area (TPSA) is 93.9 Å². The lowest BCUT2D eigenvalue weighted by molar-refractivity contribution is 0.122. The highest BCUT2D eigenvalue weighted by molar-refractivity contribution is 5.82. The maximum atomic E-state index is 14.0. The molecule has 1 aromatic carbocycles. The fourth-order valence-corrected chi connectivity index (χ4v) is 4.11. The summed E-state index contributed by atoms with van der Waals surface area (Å²) in [6, 6.07) is 14.5. The quantitative estimate of drug-likeness (QED) is 0.404. The summed E-state index contributed by atoms with van der Waals surface area (Å²) in [7, 11) is 0. The number of hydrogen-bond donors (Lipinski definition) is 1. The molecule has 176 valence electrons. The maximum Gasteiger partial charge on any atom is 0.278 e. The zero-order chi connectivity index (χ0) is 23.8. The Kier molecular flexibility index (Phi) is 5.38. The molecule has 5 aromatic rings. The van der Waals surface area contributed by atoms with Gasteiger partial charge in [-0.2, -0.15) is 15.0 Å². The highest BCUT2D eigenvalue weighted by Gasteiger charge is 2.23. The number of ether oxygens (including phenoxy) is 1. The first-order valence-electron chi connectivity index (χ1n) is 11.1. The molecule has 11 heteroatoms. The number of pyridine rings is 2. The van der Waals surface area contributed by atoms with E-state index in [-0.39, 0.29) is 17.6 Å². The van der Waals surface area contributed by atoms with Gasteiger partial charge in [0.1, 0.15) is 5.65 Å². The van der Waals surface area contributed by atoms with Crippen LogP contribution in [0, 0.1) is 0 Å². The Morgan fingerprint density at radius 1 is 0.886 bits per heavy atom. The van der Waals surface area contributed by atoms with Gasteiger partial charge in [-0.05, 0) is 30.3 Å². The van der Waals surface area contributed by atoms with Crippen molar-refractivity contribution >= 4 is 39.5 Å². The van der Waals surface area contributed by atoms with Crippen LogP contribution in [0.25, 0.3) is 27.9 Å². The average molecular weight is 474 g/mol. The van der Waals surface area contributed by atoms with Crippen molar-refractivity contribution in [3.8, 4) is 5.95 Å². The monoisotopic (exact) mass is 474 g/mol. The fraction of sp³-hybridized carbons (Fsp3) is 0.208. The number of halogens is 2. The van der Waals surface area contributed by atoms with E-state index in [1.165, 1.54) is 10.6 Å². The molecule has 1 fully saturated rings. The van der Waals surface area contributed by atoms with Crippen molar-refractivity contribution in [2.75, 3.05) is 36.5 Å². The Balaban J connectivity index is 1.49. The molecular formula is C24H20F2N8O. The molecule has 35 heavy (non-hydrogen) atoms. The molecule has 0 spiro atoms. The largest absolute Gasteiger partial charge is 0.378 e. The summed E-state index contributed by atoms with van der Waals surface area (Å²) in [5.74, 6) is 0.640. The standard InChI is InChI=1S/C24H20F2N8O/c25-20(26)19-13-16-5-3-7-27-21(16)34(19)24-31-22(30-23(32-24)33-8-10-35-11-9-33)29-17-12-15-4-1-2-6-18(15)28-14-17/h1-7,12-14,20H,8-11H2,(H,29,30,31,32). The molecule has 1 saturated heterocycles. The second kappa shape index (κ2) is 8.84. The van der Waals surface area contributed by atoms with Crippen molar-refractivity contribution in [1.29, 1.82) is 0 Å². The summed E-state index contributed by atoms with van der Waals surface area (Å²) in [5, 5.41) is 4.69. The van der Waals surface area contributed by atoms with Gasteiger partial charge in [-0.25, -0.2) is 13.8 Å². The van der Waals surface area contributed by atoms with Crippen LogP contribution in [0.1, 0.15) is 12.1 Å². The third-order valence-corrected chi connectivity index (χ3v) is 5.77. The van der Waals surface area contributed by atoms with Crippen LogP contribution in [0.5, 0.6) is 0 Å². The van der Waals surface area contributed by atoms with Crippen LogP contribution in [-0.2, 0) is 4.74 Å². The number of para-hydroxylation sites is 1. The third kappa shape index (κ3) is 4.10.